The largest absolute Gasteiger partial charge is 0.383 e. The second kappa shape index (κ2) is 6.11. The maximum Gasteiger partial charge on any atom is 0.183 e. The molecule has 1 fully saturated rings. The van der Waals surface area contributed by atoms with Gasteiger partial charge in [-0.1, -0.05) is 23.7 Å². The molecule has 0 aromatic heterocycles. The van der Waals surface area contributed by atoms with Gasteiger partial charge in [0.15, 0.2) is 9.84 Å². The van der Waals surface area contributed by atoms with Crippen molar-refractivity contribution in [3.63, 3.8) is 0 Å². The van der Waals surface area contributed by atoms with Crippen LogP contribution in [0.15, 0.2) is 53.4 Å². The highest BCUT2D eigenvalue weighted by Gasteiger charge is 2.69. The Bertz CT molecular complexity index is 856. The zero-order chi connectivity index (χ0) is 17.5. The van der Waals surface area contributed by atoms with Gasteiger partial charge in [0.25, 0.3) is 0 Å². The number of rotatable bonds is 5. The first-order valence-corrected chi connectivity index (χ1v) is 9.26. The van der Waals surface area contributed by atoms with Crippen molar-refractivity contribution in [2.45, 2.75) is 21.6 Å². The van der Waals surface area contributed by atoms with Gasteiger partial charge in [-0.15, -0.1) is 0 Å². The first-order valence-electron chi connectivity index (χ1n) is 7.33. The van der Waals surface area contributed by atoms with Crippen molar-refractivity contribution in [1.29, 1.82) is 0 Å². The van der Waals surface area contributed by atoms with Crippen LogP contribution in [0.4, 0.5) is 4.39 Å². The summed E-state index contributed by atoms with van der Waals surface area (Å²) in [6, 6.07) is 11.8. The lowest BCUT2D eigenvalue weighted by atomic mass is 10.1. The Kier molecular flexibility index (Phi) is 4.42. The third-order valence-corrected chi connectivity index (χ3v) is 6.94. The van der Waals surface area contributed by atoms with Gasteiger partial charge >= 0.3 is 0 Å². The molecule has 128 valence electrons. The fourth-order valence-electron chi connectivity index (χ4n) is 3.27. The van der Waals surface area contributed by atoms with Crippen molar-refractivity contribution in [2.75, 3.05) is 13.7 Å². The maximum atomic E-state index is 13.5. The van der Waals surface area contributed by atoms with Gasteiger partial charge in [-0.05, 0) is 42.0 Å². The van der Waals surface area contributed by atoms with E-state index in [1.165, 1.54) is 43.5 Å². The molecule has 0 saturated heterocycles. The summed E-state index contributed by atoms with van der Waals surface area (Å²) in [6.45, 7) is 0.0612. The first-order chi connectivity index (χ1) is 11.3. The summed E-state index contributed by atoms with van der Waals surface area (Å²) in [4.78, 5) is 0.140. The van der Waals surface area contributed by atoms with Gasteiger partial charge in [-0.25, -0.2) is 12.8 Å². The molecule has 2 aromatic carbocycles. The molecule has 0 aliphatic heterocycles. The van der Waals surface area contributed by atoms with E-state index in [0.717, 1.165) is 0 Å². The normalized spacial score (nSPS) is 26.3. The van der Waals surface area contributed by atoms with E-state index < -0.39 is 32.4 Å². The average molecular weight is 370 g/mol. The number of methoxy groups -OCH3 is 1. The summed E-state index contributed by atoms with van der Waals surface area (Å²) >= 11 is 5.82. The van der Waals surface area contributed by atoms with Gasteiger partial charge < -0.3 is 10.5 Å². The van der Waals surface area contributed by atoms with E-state index in [1.54, 1.807) is 12.1 Å². The molecule has 2 aromatic rings. The van der Waals surface area contributed by atoms with Gasteiger partial charge in [0.2, 0.25) is 0 Å². The molecular formula is C17H17ClFNO3S. The molecule has 4 nitrogen and oxygen atoms in total. The Balaban J connectivity index is 2.03. The molecule has 1 aliphatic rings. The van der Waals surface area contributed by atoms with Crippen LogP contribution >= 0.6 is 11.6 Å². The number of sulfone groups is 1. The molecule has 3 rings (SSSR count). The minimum Gasteiger partial charge on any atom is -0.383 e. The standard InChI is InChI=1S/C17H17ClFNO3S/c1-23-10-17(20)15(11-3-2-4-13(19)9-11)16(17)24(21,22)14-7-5-12(18)6-8-14/h2-9,15-16H,10,20H2,1H3/t15-,16+,17+/m1/s1. The molecular weight excluding hydrogens is 353 g/mol. The Morgan fingerprint density at radius 2 is 1.92 bits per heavy atom. The average Bonchev–Trinajstić information content (AvgIpc) is 3.14. The predicted molar refractivity (Wildman–Crippen MR) is 90.4 cm³/mol. The van der Waals surface area contributed by atoms with Gasteiger partial charge in [-0.2, -0.15) is 0 Å². The zero-order valence-corrected chi connectivity index (χ0v) is 14.5. The second-order valence-corrected chi connectivity index (χ2v) is 8.50. The van der Waals surface area contributed by atoms with Gasteiger partial charge in [0.05, 0.1) is 22.3 Å². The highest BCUT2D eigenvalue weighted by molar-refractivity contribution is 7.92. The lowest BCUT2D eigenvalue weighted by Gasteiger charge is -2.11. The van der Waals surface area contributed by atoms with Crippen LogP contribution in [-0.4, -0.2) is 32.9 Å². The molecule has 0 bridgehead atoms. The van der Waals surface area contributed by atoms with Crippen molar-refractivity contribution >= 4 is 21.4 Å². The van der Waals surface area contributed by atoms with Crippen molar-refractivity contribution in [1.82, 2.24) is 0 Å². The first kappa shape index (κ1) is 17.4. The van der Waals surface area contributed by atoms with E-state index in [9.17, 15) is 12.8 Å². The van der Waals surface area contributed by atoms with Crippen molar-refractivity contribution in [3.05, 3.63) is 64.9 Å². The third-order valence-electron chi connectivity index (χ3n) is 4.38. The minimum absolute atomic E-state index is 0.0612. The van der Waals surface area contributed by atoms with Crippen LogP contribution < -0.4 is 5.73 Å². The van der Waals surface area contributed by atoms with Crippen LogP contribution in [0.3, 0.4) is 0 Å². The van der Waals surface area contributed by atoms with Gasteiger partial charge in [0, 0.05) is 18.1 Å². The number of hydrogen-bond donors (Lipinski definition) is 1. The highest BCUT2D eigenvalue weighted by Crippen LogP contribution is 2.55. The minimum atomic E-state index is -3.71. The van der Waals surface area contributed by atoms with E-state index in [0.29, 0.717) is 10.6 Å². The molecule has 7 heteroatoms. The molecule has 3 atom stereocenters. The number of halogens is 2. The lowest BCUT2D eigenvalue weighted by molar-refractivity contribution is 0.171. The summed E-state index contributed by atoms with van der Waals surface area (Å²) in [6.07, 6.45) is 0. The summed E-state index contributed by atoms with van der Waals surface area (Å²) in [7, 11) is -2.25. The fraction of sp³-hybridized carbons (Fsp3) is 0.294. The molecule has 0 heterocycles. The van der Waals surface area contributed by atoms with Crippen LogP contribution in [-0.2, 0) is 14.6 Å². The smallest absolute Gasteiger partial charge is 0.183 e. The van der Waals surface area contributed by atoms with Crippen molar-refractivity contribution < 1.29 is 17.5 Å². The highest BCUT2D eigenvalue weighted by atomic mass is 35.5. The van der Waals surface area contributed by atoms with E-state index in [4.69, 9.17) is 22.1 Å². The van der Waals surface area contributed by atoms with Crippen LogP contribution in [0.1, 0.15) is 11.5 Å². The molecule has 24 heavy (non-hydrogen) atoms. The Morgan fingerprint density at radius 1 is 1.25 bits per heavy atom. The van der Waals surface area contributed by atoms with Crippen LogP contribution in [0.25, 0.3) is 0 Å². The molecule has 0 spiro atoms. The van der Waals surface area contributed by atoms with Crippen molar-refractivity contribution in [2.24, 2.45) is 5.73 Å². The maximum absolute atomic E-state index is 13.5. The monoisotopic (exact) mass is 369 g/mol. The third kappa shape index (κ3) is 2.84. The molecule has 0 amide bonds. The lowest BCUT2D eigenvalue weighted by Crippen LogP contribution is -2.35. The Labute approximate surface area is 145 Å². The summed E-state index contributed by atoms with van der Waals surface area (Å²) in [5.41, 5.74) is 5.79. The van der Waals surface area contributed by atoms with Gasteiger partial charge in [-0.3, -0.25) is 0 Å². The SMILES string of the molecule is COC[C@]1(N)[C@H](c2cccc(F)c2)[C@@H]1S(=O)(=O)c1ccc(Cl)cc1. The van der Waals surface area contributed by atoms with Crippen LogP contribution in [0, 0.1) is 5.82 Å². The quantitative estimate of drug-likeness (QED) is 0.879. The number of ether oxygens (including phenoxy) is 1. The van der Waals surface area contributed by atoms with E-state index in [1.807, 2.05) is 0 Å². The Morgan fingerprint density at radius 3 is 2.50 bits per heavy atom. The second-order valence-electron chi connectivity index (χ2n) is 6.00. The van der Waals surface area contributed by atoms with E-state index in [2.05, 4.69) is 0 Å². The number of benzene rings is 2. The molecule has 2 N–H and O–H groups in total. The van der Waals surface area contributed by atoms with Crippen LogP contribution in [0.5, 0.6) is 0 Å². The Hall–Kier alpha value is -1.47. The summed E-state index contributed by atoms with van der Waals surface area (Å²) in [5.74, 6) is -0.962. The topological polar surface area (TPSA) is 69.4 Å². The van der Waals surface area contributed by atoms with E-state index in [-0.39, 0.29) is 11.5 Å². The van der Waals surface area contributed by atoms with Crippen LogP contribution in [0.2, 0.25) is 5.02 Å². The number of hydrogen-bond acceptors (Lipinski definition) is 4. The fourth-order valence-corrected chi connectivity index (χ4v) is 5.69. The summed E-state index contributed by atoms with van der Waals surface area (Å²) in [5, 5.41) is -0.435. The molecule has 1 aliphatic carbocycles. The van der Waals surface area contributed by atoms with E-state index >= 15 is 0 Å². The van der Waals surface area contributed by atoms with Crippen molar-refractivity contribution in [3.8, 4) is 0 Å². The molecule has 1 saturated carbocycles. The molecule has 0 radical (unpaired) electrons. The zero-order valence-electron chi connectivity index (χ0n) is 12.9. The molecule has 0 unspecified atom stereocenters. The predicted octanol–water partition coefficient (Wildman–Crippen LogP) is 2.76. The summed E-state index contributed by atoms with van der Waals surface area (Å²) < 4.78 is 44.7. The number of nitrogens with two attached hydrogens (primary N) is 1. The van der Waals surface area contributed by atoms with Gasteiger partial charge in [0.1, 0.15) is 5.82 Å².